The highest BCUT2D eigenvalue weighted by atomic mass is 19.1. The van der Waals surface area contributed by atoms with Crippen LogP contribution in [0.4, 0.5) is 8.78 Å². The number of benzene rings is 2. The van der Waals surface area contributed by atoms with E-state index in [1.54, 1.807) is 31.2 Å². The van der Waals surface area contributed by atoms with Crippen LogP contribution in [0.2, 0.25) is 0 Å². The average Bonchev–Trinajstić information content (AvgIpc) is 3.52. The van der Waals surface area contributed by atoms with E-state index >= 15 is 0 Å². The fraction of sp³-hybridized carbons (Fsp3) is 0.192. The Hall–Kier alpha value is -4.91. The van der Waals surface area contributed by atoms with Crippen LogP contribution in [-0.2, 0) is 24.4 Å². The third-order valence-corrected chi connectivity index (χ3v) is 5.28. The molecule has 4 rings (SSSR count). The molecule has 0 spiro atoms. The van der Waals surface area contributed by atoms with E-state index in [4.69, 9.17) is 20.1 Å². The van der Waals surface area contributed by atoms with E-state index in [1.165, 1.54) is 35.0 Å². The first-order valence-electron chi connectivity index (χ1n) is 11.5. The standard InChI is InChI=1S/C14H13FN2O4.C12H11FN2O3/c1-2-21-14(20)11-7-12(13(18)19)17(16-11)8-9-5-3-4-6-10(9)15;13-10-4-2-1-3-8(10)6-15-9(7-16)5-11(14-15)12(17)18/h3-7H,2,8H2,1H3,(H,18,19);1-5,16H,6-7H2,(H,17,18). The van der Waals surface area contributed by atoms with Crippen molar-refractivity contribution in [2.24, 2.45) is 0 Å². The molecule has 0 aliphatic rings. The summed E-state index contributed by atoms with van der Waals surface area (Å²) in [5.41, 5.74) is 0.490. The van der Waals surface area contributed by atoms with Crippen LogP contribution in [-0.4, -0.2) is 59.4 Å². The molecule has 0 saturated carbocycles. The number of carboxylic acids is 2. The van der Waals surface area contributed by atoms with Gasteiger partial charge in [-0.05, 0) is 25.1 Å². The minimum Gasteiger partial charge on any atom is -0.477 e. The van der Waals surface area contributed by atoms with Crippen molar-refractivity contribution in [3.8, 4) is 0 Å². The molecule has 13 heteroatoms. The Morgan fingerprint density at radius 1 is 0.821 bits per heavy atom. The summed E-state index contributed by atoms with van der Waals surface area (Å²) < 4.78 is 34.2. The summed E-state index contributed by atoms with van der Waals surface area (Å²) in [5.74, 6) is -4.02. The number of nitrogens with zero attached hydrogens (tertiary/aromatic N) is 4. The fourth-order valence-corrected chi connectivity index (χ4v) is 3.41. The molecular formula is C26H24F2N4O7. The third-order valence-electron chi connectivity index (χ3n) is 5.28. The molecule has 0 radical (unpaired) electrons. The van der Waals surface area contributed by atoms with Crippen LogP contribution in [0.25, 0.3) is 0 Å². The van der Waals surface area contributed by atoms with Gasteiger partial charge >= 0.3 is 17.9 Å². The summed E-state index contributed by atoms with van der Waals surface area (Å²) in [4.78, 5) is 33.5. The Kier molecular flexibility index (Phi) is 9.59. The smallest absolute Gasteiger partial charge is 0.358 e. The number of esters is 1. The van der Waals surface area contributed by atoms with Crippen molar-refractivity contribution in [1.29, 1.82) is 0 Å². The van der Waals surface area contributed by atoms with E-state index in [9.17, 15) is 23.2 Å². The van der Waals surface area contributed by atoms with Crippen LogP contribution in [0.15, 0.2) is 60.7 Å². The SMILES string of the molecule is CCOC(=O)c1cc(C(=O)O)n(Cc2ccccc2F)n1.O=C(O)c1cc(CO)n(Cc2ccccc2F)n1. The first kappa shape index (κ1) is 28.7. The molecule has 2 aromatic carbocycles. The van der Waals surface area contributed by atoms with E-state index in [2.05, 4.69) is 10.2 Å². The molecule has 2 aromatic heterocycles. The Bertz CT molecular complexity index is 1480. The minimum absolute atomic E-state index is 0.0792. The van der Waals surface area contributed by atoms with Crippen LogP contribution in [0.1, 0.15) is 55.2 Å². The van der Waals surface area contributed by atoms with Crippen LogP contribution in [0.3, 0.4) is 0 Å². The first-order valence-corrected chi connectivity index (χ1v) is 11.5. The molecular weight excluding hydrogens is 518 g/mol. The van der Waals surface area contributed by atoms with E-state index in [-0.39, 0.29) is 48.9 Å². The highest BCUT2D eigenvalue weighted by Crippen LogP contribution is 2.14. The molecule has 0 atom stereocenters. The molecule has 0 aliphatic carbocycles. The number of ether oxygens (including phenoxy) is 1. The van der Waals surface area contributed by atoms with Gasteiger partial charge in [-0.25, -0.2) is 23.2 Å². The predicted octanol–water partition coefficient (Wildman–Crippen LogP) is 3.21. The minimum atomic E-state index is -1.26. The lowest BCUT2D eigenvalue weighted by Gasteiger charge is -2.06. The topological polar surface area (TPSA) is 157 Å². The molecule has 39 heavy (non-hydrogen) atoms. The summed E-state index contributed by atoms with van der Waals surface area (Å²) in [5, 5.41) is 34.7. The number of aliphatic hydroxyl groups excluding tert-OH is 1. The van der Waals surface area contributed by atoms with Crippen LogP contribution in [0, 0.1) is 11.6 Å². The molecule has 11 nitrogen and oxygen atoms in total. The van der Waals surface area contributed by atoms with Gasteiger partial charge in [-0.3, -0.25) is 9.36 Å². The third kappa shape index (κ3) is 7.32. The van der Waals surface area contributed by atoms with Gasteiger partial charge in [0.05, 0.1) is 32.0 Å². The monoisotopic (exact) mass is 542 g/mol. The number of carbonyl (C=O) groups excluding carboxylic acids is 1. The van der Waals surface area contributed by atoms with Gasteiger partial charge in [0, 0.05) is 17.2 Å². The summed E-state index contributed by atoms with van der Waals surface area (Å²) in [6.07, 6.45) is 0. The van der Waals surface area contributed by atoms with Crippen LogP contribution in [0.5, 0.6) is 0 Å². The maximum absolute atomic E-state index is 13.6. The summed E-state index contributed by atoms with van der Waals surface area (Å²) in [6.45, 7) is 1.42. The second-order valence-electron chi connectivity index (χ2n) is 7.92. The number of aliphatic hydroxyl groups is 1. The van der Waals surface area contributed by atoms with Gasteiger partial charge in [0.1, 0.15) is 17.3 Å². The molecule has 3 N–H and O–H groups in total. The quantitative estimate of drug-likeness (QED) is 0.270. The fourth-order valence-electron chi connectivity index (χ4n) is 3.41. The van der Waals surface area contributed by atoms with Gasteiger partial charge in [0.2, 0.25) is 0 Å². The largest absolute Gasteiger partial charge is 0.477 e. The number of carbonyl (C=O) groups is 3. The number of aromatic carboxylic acids is 2. The molecule has 0 bridgehead atoms. The number of rotatable bonds is 9. The molecule has 0 aliphatic heterocycles. The van der Waals surface area contributed by atoms with Gasteiger partial charge in [0.15, 0.2) is 11.4 Å². The van der Waals surface area contributed by atoms with E-state index in [0.717, 1.165) is 10.7 Å². The van der Waals surface area contributed by atoms with E-state index < -0.39 is 29.5 Å². The Morgan fingerprint density at radius 2 is 1.36 bits per heavy atom. The van der Waals surface area contributed by atoms with Crippen molar-refractivity contribution >= 4 is 17.9 Å². The Labute approximate surface area is 220 Å². The van der Waals surface area contributed by atoms with Crippen molar-refractivity contribution in [2.75, 3.05) is 6.61 Å². The Balaban J connectivity index is 0.000000218. The lowest BCUT2D eigenvalue weighted by atomic mass is 10.2. The van der Waals surface area contributed by atoms with Crippen molar-refractivity contribution in [1.82, 2.24) is 19.6 Å². The van der Waals surface area contributed by atoms with Gasteiger partial charge in [-0.2, -0.15) is 10.2 Å². The summed E-state index contributed by atoms with van der Waals surface area (Å²) in [7, 11) is 0. The number of hydrogen-bond donors (Lipinski definition) is 3. The number of carboxylic acid groups (broad SMARTS) is 2. The number of halogens is 2. The van der Waals surface area contributed by atoms with Gasteiger partial charge in [-0.15, -0.1) is 0 Å². The average molecular weight is 542 g/mol. The van der Waals surface area contributed by atoms with E-state index in [1.807, 2.05) is 0 Å². The van der Waals surface area contributed by atoms with Gasteiger partial charge in [0.25, 0.3) is 0 Å². The zero-order valence-electron chi connectivity index (χ0n) is 20.6. The molecule has 4 aromatic rings. The maximum atomic E-state index is 13.6. The lowest BCUT2D eigenvalue weighted by Crippen LogP contribution is -2.12. The van der Waals surface area contributed by atoms with Gasteiger partial charge < -0.3 is 20.1 Å². The van der Waals surface area contributed by atoms with Crippen molar-refractivity contribution in [3.63, 3.8) is 0 Å². The molecule has 0 saturated heterocycles. The zero-order valence-corrected chi connectivity index (χ0v) is 20.6. The highest BCUT2D eigenvalue weighted by Gasteiger charge is 2.20. The summed E-state index contributed by atoms with van der Waals surface area (Å²) in [6, 6.07) is 14.5. The zero-order chi connectivity index (χ0) is 28.5. The molecule has 0 fully saturated rings. The van der Waals surface area contributed by atoms with Crippen molar-refractivity contribution in [3.05, 3.63) is 106 Å². The number of hydrogen-bond acceptors (Lipinski definition) is 7. The normalized spacial score (nSPS) is 10.5. The van der Waals surface area contributed by atoms with Crippen LogP contribution < -0.4 is 0 Å². The van der Waals surface area contributed by atoms with Gasteiger partial charge in [-0.1, -0.05) is 36.4 Å². The Morgan fingerprint density at radius 3 is 1.85 bits per heavy atom. The van der Waals surface area contributed by atoms with Crippen molar-refractivity contribution < 1.29 is 43.2 Å². The summed E-state index contributed by atoms with van der Waals surface area (Å²) >= 11 is 0. The highest BCUT2D eigenvalue weighted by molar-refractivity contribution is 5.92. The van der Waals surface area contributed by atoms with Crippen LogP contribution >= 0.6 is 0 Å². The predicted molar refractivity (Wildman–Crippen MR) is 131 cm³/mol. The van der Waals surface area contributed by atoms with E-state index in [0.29, 0.717) is 11.3 Å². The number of aromatic nitrogens is 4. The molecule has 204 valence electrons. The second-order valence-corrected chi connectivity index (χ2v) is 7.92. The lowest BCUT2D eigenvalue weighted by molar-refractivity contribution is 0.0517. The van der Waals surface area contributed by atoms with Crippen molar-refractivity contribution in [2.45, 2.75) is 26.6 Å². The molecule has 0 amide bonds. The molecule has 2 heterocycles. The second kappa shape index (κ2) is 13.1. The maximum Gasteiger partial charge on any atom is 0.358 e. The molecule has 0 unspecified atom stereocenters. The first-order chi connectivity index (χ1) is 18.6.